The molecule has 0 saturated carbocycles. The first-order chi connectivity index (χ1) is 11.6. The van der Waals surface area contributed by atoms with Gasteiger partial charge in [-0.2, -0.15) is 0 Å². The van der Waals surface area contributed by atoms with Gasteiger partial charge in [0.2, 0.25) is 17.7 Å². The quantitative estimate of drug-likeness (QED) is 0.236. The summed E-state index contributed by atoms with van der Waals surface area (Å²) >= 11 is 0. The minimum atomic E-state index is -1.60. The highest BCUT2D eigenvalue weighted by Gasteiger charge is 2.23. The van der Waals surface area contributed by atoms with E-state index in [1.807, 2.05) is 12.2 Å². The minimum absolute atomic E-state index is 0.0592. The Labute approximate surface area is 144 Å². The Morgan fingerprint density at radius 3 is 2.04 bits per heavy atom. The van der Waals surface area contributed by atoms with Crippen LogP contribution < -0.4 is 21.7 Å². The molecule has 11 heteroatoms. The number of hydrogen-bond acceptors (Lipinski definition) is 6. The number of carbonyl (C=O) groups excluding carboxylic acids is 3. The first-order valence-electron chi connectivity index (χ1n) is 7.62. The minimum Gasteiger partial charge on any atom is -0.481 e. The van der Waals surface area contributed by atoms with E-state index in [-0.39, 0.29) is 5.92 Å². The fraction of sp³-hybridized carbons (Fsp3) is 0.643. The van der Waals surface area contributed by atoms with E-state index in [0.29, 0.717) is 6.42 Å². The van der Waals surface area contributed by atoms with Crippen molar-refractivity contribution >= 4 is 29.7 Å². The molecule has 0 rings (SSSR count). The van der Waals surface area contributed by atoms with Gasteiger partial charge in [-0.25, -0.2) is 4.79 Å². The van der Waals surface area contributed by atoms with Crippen molar-refractivity contribution < 1.29 is 34.2 Å². The number of carboxylic acids is 2. The molecule has 7 N–H and O–H groups in total. The van der Waals surface area contributed by atoms with Gasteiger partial charge in [-0.15, -0.1) is 0 Å². The van der Waals surface area contributed by atoms with Crippen LogP contribution in [0.5, 0.6) is 0 Å². The van der Waals surface area contributed by atoms with Crippen LogP contribution in [0.4, 0.5) is 0 Å². The Balaban J connectivity index is 4.24. The predicted octanol–water partition coefficient (Wildman–Crippen LogP) is -2.36. The molecule has 0 radical (unpaired) electrons. The van der Waals surface area contributed by atoms with Crippen molar-refractivity contribution in [3.05, 3.63) is 0 Å². The zero-order chi connectivity index (χ0) is 19.6. The number of amides is 3. The molecule has 0 saturated heterocycles. The Hall–Kier alpha value is -2.69. The van der Waals surface area contributed by atoms with E-state index in [1.165, 1.54) is 0 Å². The molecule has 3 atom stereocenters. The highest BCUT2D eigenvalue weighted by Crippen LogP contribution is 2.04. The van der Waals surface area contributed by atoms with Crippen LogP contribution in [-0.4, -0.2) is 65.0 Å². The standard InChI is InChI=1S/C14H24N4O7/c1-3-7(2)12(15)13(23)17-5-9(19)16-6-10(20)18-8(14(24)25)4-11(21)22/h7-8,12H,3-6,15H2,1-2H3,(H,16,19)(H,17,23)(H,18,20)(H,21,22)(H,24,25). The molecule has 0 aromatic carbocycles. The highest BCUT2D eigenvalue weighted by molar-refractivity contribution is 5.91. The SMILES string of the molecule is CCC(C)C(N)C(=O)NCC(=O)NCC(=O)NC(CC(=O)O)C(=O)O. The number of nitrogens with two attached hydrogens (primary N) is 1. The molecule has 3 amide bonds. The summed E-state index contributed by atoms with van der Waals surface area (Å²) in [6, 6.07) is -2.36. The second kappa shape index (κ2) is 11.0. The van der Waals surface area contributed by atoms with Crippen molar-refractivity contribution in [1.82, 2.24) is 16.0 Å². The van der Waals surface area contributed by atoms with E-state index in [2.05, 4.69) is 10.6 Å². The molecular formula is C14H24N4O7. The Morgan fingerprint density at radius 2 is 1.56 bits per heavy atom. The van der Waals surface area contributed by atoms with Gasteiger partial charge in [-0.3, -0.25) is 19.2 Å². The summed E-state index contributed by atoms with van der Waals surface area (Å²) in [6.45, 7) is 2.71. The van der Waals surface area contributed by atoms with E-state index < -0.39 is 61.3 Å². The highest BCUT2D eigenvalue weighted by atomic mass is 16.4. The van der Waals surface area contributed by atoms with Gasteiger partial charge in [0, 0.05) is 0 Å². The van der Waals surface area contributed by atoms with Crippen LogP contribution in [0.2, 0.25) is 0 Å². The fourth-order valence-electron chi connectivity index (χ4n) is 1.66. The lowest BCUT2D eigenvalue weighted by molar-refractivity contribution is -0.147. The van der Waals surface area contributed by atoms with E-state index in [4.69, 9.17) is 15.9 Å². The van der Waals surface area contributed by atoms with Crippen LogP contribution >= 0.6 is 0 Å². The van der Waals surface area contributed by atoms with Crippen LogP contribution in [0.15, 0.2) is 0 Å². The smallest absolute Gasteiger partial charge is 0.326 e. The molecule has 0 fully saturated rings. The zero-order valence-corrected chi connectivity index (χ0v) is 14.1. The molecule has 0 aliphatic carbocycles. The van der Waals surface area contributed by atoms with Gasteiger partial charge in [-0.1, -0.05) is 20.3 Å². The Bertz CT molecular complexity index is 523. The summed E-state index contributed by atoms with van der Waals surface area (Å²) in [4.78, 5) is 56.1. The first-order valence-corrected chi connectivity index (χ1v) is 7.62. The van der Waals surface area contributed by atoms with E-state index in [0.717, 1.165) is 0 Å². The second-order valence-corrected chi connectivity index (χ2v) is 5.46. The molecule has 0 spiro atoms. The summed E-state index contributed by atoms with van der Waals surface area (Å²) < 4.78 is 0. The molecule has 11 nitrogen and oxygen atoms in total. The summed E-state index contributed by atoms with van der Waals surface area (Å²) in [5.41, 5.74) is 5.69. The Kier molecular flexibility index (Phi) is 9.79. The number of aliphatic carboxylic acids is 2. The third-order valence-electron chi connectivity index (χ3n) is 3.44. The lowest BCUT2D eigenvalue weighted by Crippen LogP contribution is -2.49. The van der Waals surface area contributed by atoms with Gasteiger partial charge in [0.05, 0.1) is 25.6 Å². The third kappa shape index (κ3) is 9.25. The van der Waals surface area contributed by atoms with Gasteiger partial charge in [0.15, 0.2) is 0 Å². The van der Waals surface area contributed by atoms with Gasteiger partial charge in [0.25, 0.3) is 0 Å². The van der Waals surface area contributed by atoms with Crippen molar-refractivity contribution in [3.63, 3.8) is 0 Å². The number of hydrogen-bond donors (Lipinski definition) is 6. The normalized spacial score (nSPS) is 13.9. The van der Waals surface area contributed by atoms with Crippen LogP contribution in [-0.2, 0) is 24.0 Å². The average Bonchev–Trinajstić information content (AvgIpc) is 2.55. The van der Waals surface area contributed by atoms with Gasteiger partial charge in [-0.05, 0) is 5.92 Å². The number of rotatable bonds is 11. The summed E-state index contributed by atoms with van der Waals surface area (Å²) in [7, 11) is 0. The summed E-state index contributed by atoms with van der Waals surface area (Å²) in [6.07, 6.45) is -0.0966. The van der Waals surface area contributed by atoms with Crippen LogP contribution in [0.3, 0.4) is 0 Å². The maximum absolute atomic E-state index is 11.7. The molecule has 0 aliphatic heterocycles. The third-order valence-corrected chi connectivity index (χ3v) is 3.44. The van der Waals surface area contributed by atoms with Crippen molar-refractivity contribution in [1.29, 1.82) is 0 Å². The van der Waals surface area contributed by atoms with E-state index in [1.54, 1.807) is 6.92 Å². The van der Waals surface area contributed by atoms with E-state index in [9.17, 15) is 24.0 Å². The van der Waals surface area contributed by atoms with Crippen molar-refractivity contribution in [2.45, 2.75) is 38.8 Å². The topological polar surface area (TPSA) is 188 Å². The van der Waals surface area contributed by atoms with Gasteiger partial charge >= 0.3 is 11.9 Å². The monoisotopic (exact) mass is 360 g/mol. The number of carboxylic acid groups (broad SMARTS) is 2. The van der Waals surface area contributed by atoms with Crippen molar-refractivity contribution in [2.75, 3.05) is 13.1 Å². The lowest BCUT2D eigenvalue weighted by Gasteiger charge is -2.17. The second-order valence-electron chi connectivity index (χ2n) is 5.46. The number of carbonyl (C=O) groups is 5. The molecule has 0 heterocycles. The van der Waals surface area contributed by atoms with Crippen LogP contribution in [0, 0.1) is 5.92 Å². The molecule has 3 unspecified atom stereocenters. The van der Waals surface area contributed by atoms with Gasteiger partial charge in [0.1, 0.15) is 6.04 Å². The molecule has 0 aromatic heterocycles. The van der Waals surface area contributed by atoms with Crippen molar-refractivity contribution in [3.8, 4) is 0 Å². The maximum Gasteiger partial charge on any atom is 0.326 e. The zero-order valence-electron chi connectivity index (χ0n) is 14.1. The largest absolute Gasteiger partial charge is 0.481 e. The van der Waals surface area contributed by atoms with Gasteiger partial charge < -0.3 is 31.9 Å². The van der Waals surface area contributed by atoms with Crippen LogP contribution in [0.25, 0.3) is 0 Å². The molecule has 0 aromatic rings. The fourth-order valence-corrected chi connectivity index (χ4v) is 1.66. The molecular weight excluding hydrogens is 336 g/mol. The predicted molar refractivity (Wildman–Crippen MR) is 85.3 cm³/mol. The number of nitrogens with one attached hydrogen (secondary N) is 3. The summed E-state index contributed by atoms with van der Waals surface area (Å²) in [5.74, 6) is -5.00. The average molecular weight is 360 g/mol. The molecule has 0 aliphatic rings. The molecule has 25 heavy (non-hydrogen) atoms. The Morgan fingerprint density at radius 1 is 1.00 bits per heavy atom. The molecule has 0 bridgehead atoms. The van der Waals surface area contributed by atoms with Crippen LogP contribution in [0.1, 0.15) is 26.7 Å². The summed E-state index contributed by atoms with van der Waals surface area (Å²) in [5, 5.41) is 23.8. The van der Waals surface area contributed by atoms with Crippen molar-refractivity contribution in [2.24, 2.45) is 11.7 Å². The lowest BCUT2D eigenvalue weighted by atomic mass is 9.99. The molecule has 142 valence electrons. The first kappa shape index (κ1) is 22.3. The van der Waals surface area contributed by atoms with E-state index >= 15 is 0 Å². The maximum atomic E-state index is 11.7.